The van der Waals surface area contributed by atoms with Crippen LogP contribution >= 0.6 is 11.8 Å². The molecule has 2 aliphatic rings. The molecule has 0 radical (unpaired) electrons. The number of methoxy groups -OCH3 is 1. The number of hydrogen-bond acceptors (Lipinski definition) is 6. The van der Waals surface area contributed by atoms with Crippen LogP contribution in [0.1, 0.15) is 6.42 Å². The van der Waals surface area contributed by atoms with Crippen molar-refractivity contribution in [3.8, 4) is 11.5 Å². The van der Waals surface area contributed by atoms with Crippen LogP contribution < -0.4 is 9.47 Å². The molecule has 6 nitrogen and oxygen atoms in total. The highest BCUT2D eigenvalue weighted by atomic mass is 32.2. The number of amides is 1. The summed E-state index contributed by atoms with van der Waals surface area (Å²) in [5.41, 5.74) is 0. The zero-order chi connectivity index (χ0) is 18.2. The Morgan fingerprint density at radius 1 is 1.23 bits per heavy atom. The van der Waals surface area contributed by atoms with E-state index in [1.165, 1.54) is 0 Å². The third kappa shape index (κ3) is 5.28. The van der Waals surface area contributed by atoms with Crippen molar-refractivity contribution < 1.29 is 19.0 Å². The van der Waals surface area contributed by atoms with E-state index < -0.39 is 0 Å². The van der Waals surface area contributed by atoms with Crippen LogP contribution in [0.25, 0.3) is 0 Å². The summed E-state index contributed by atoms with van der Waals surface area (Å²) in [6, 6.07) is 7.66. The van der Waals surface area contributed by atoms with Crippen molar-refractivity contribution in [2.24, 2.45) is 0 Å². The lowest BCUT2D eigenvalue weighted by molar-refractivity contribution is -0.135. The maximum atomic E-state index is 12.9. The summed E-state index contributed by atoms with van der Waals surface area (Å²) < 4.78 is 16.5. The number of carbonyl (C=O) groups is 1. The van der Waals surface area contributed by atoms with Gasteiger partial charge in [0.15, 0.2) is 18.1 Å². The van der Waals surface area contributed by atoms with E-state index in [4.69, 9.17) is 14.2 Å². The first-order valence-electron chi connectivity index (χ1n) is 9.21. The Morgan fingerprint density at radius 2 is 2.00 bits per heavy atom. The van der Waals surface area contributed by atoms with Gasteiger partial charge in [-0.1, -0.05) is 12.1 Å². The number of morpholine rings is 1. The van der Waals surface area contributed by atoms with Gasteiger partial charge in [-0.05, 0) is 24.3 Å². The molecule has 1 atom stereocenters. The number of carbonyl (C=O) groups excluding carboxylic acids is 1. The summed E-state index contributed by atoms with van der Waals surface area (Å²) in [6.45, 7) is 5.22. The summed E-state index contributed by atoms with van der Waals surface area (Å²) in [6.07, 6.45) is 1.03. The van der Waals surface area contributed by atoms with Crippen LogP contribution in [-0.4, -0.2) is 86.4 Å². The molecule has 2 aliphatic heterocycles. The molecule has 144 valence electrons. The molecule has 2 heterocycles. The Balaban J connectivity index is 1.60. The van der Waals surface area contributed by atoms with Crippen molar-refractivity contribution in [2.45, 2.75) is 12.5 Å². The first-order valence-corrected chi connectivity index (χ1v) is 10.4. The van der Waals surface area contributed by atoms with Gasteiger partial charge in [0, 0.05) is 31.9 Å². The Hall–Kier alpha value is -1.44. The normalized spacial score (nSPS) is 21.9. The van der Waals surface area contributed by atoms with Crippen LogP contribution in [0.5, 0.6) is 11.5 Å². The fraction of sp³-hybridized carbons (Fsp3) is 0.632. The second kappa shape index (κ2) is 10.0. The van der Waals surface area contributed by atoms with Crippen LogP contribution in [0.2, 0.25) is 0 Å². The topological polar surface area (TPSA) is 51.2 Å². The number of para-hydroxylation sites is 2. The van der Waals surface area contributed by atoms with E-state index in [2.05, 4.69) is 4.90 Å². The van der Waals surface area contributed by atoms with E-state index in [1.54, 1.807) is 7.11 Å². The summed E-state index contributed by atoms with van der Waals surface area (Å²) in [4.78, 5) is 17.3. The van der Waals surface area contributed by atoms with Crippen molar-refractivity contribution in [1.29, 1.82) is 0 Å². The second-order valence-electron chi connectivity index (χ2n) is 6.52. The van der Waals surface area contributed by atoms with Gasteiger partial charge in [-0.15, -0.1) is 0 Å². The highest BCUT2D eigenvalue weighted by Crippen LogP contribution is 2.26. The van der Waals surface area contributed by atoms with Gasteiger partial charge in [0.2, 0.25) is 0 Å². The lowest BCUT2D eigenvalue weighted by Gasteiger charge is -2.35. The zero-order valence-corrected chi connectivity index (χ0v) is 16.2. The van der Waals surface area contributed by atoms with Crippen LogP contribution in [-0.2, 0) is 9.53 Å². The van der Waals surface area contributed by atoms with Crippen molar-refractivity contribution in [1.82, 2.24) is 9.80 Å². The Bertz CT molecular complexity index is 580. The molecular formula is C19H28N2O4S. The van der Waals surface area contributed by atoms with E-state index in [1.807, 2.05) is 40.9 Å². The molecule has 3 rings (SSSR count). The number of rotatable bonds is 6. The molecule has 0 spiro atoms. The van der Waals surface area contributed by atoms with Gasteiger partial charge < -0.3 is 19.1 Å². The maximum Gasteiger partial charge on any atom is 0.260 e. The third-order valence-corrected chi connectivity index (χ3v) is 5.95. The predicted octanol–water partition coefficient (Wildman–Crippen LogP) is 1.74. The van der Waals surface area contributed by atoms with Crippen LogP contribution in [0.4, 0.5) is 0 Å². The summed E-state index contributed by atoms with van der Waals surface area (Å²) in [5, 5.41) is 0. The average Bonchev–Trinajstić information content (AvgIpc) is 2.92. The van der Waals surface area contributed by atoms with Gasteiger partial charge in [0.05, 0.1) is 26.4 Å². The Labute approximate surface area is 159 Å². The molecule has 1 aromatic carbocycles. The molecule has 0 aromatic heterocycles. The molecule has 0 bridgehead atoms. The van der Waals surface area contributed by atoms with E-state index >= 15 is 0 Å². The number of benzene rings is 1. The van der Waals surface area contributed by atoms with Crippen molar-refractivity contribution in [2.75, 3.05) is 64.6 Å². The molecule has 2 saturated heterocycles. The fourth-order valence-electron chi connectivity index (χ4n) is 3.35. The van der Waals surface area contributed by atoms with Crippen LogP contribution in [0, 0.1) is 0 Å². The number of thioether (sulfide) groups is 1. The monoisotopic (exact) mass is 380 g/mol. The minimum Gasteiger partial charge on any atom is -0.493 e. The van der Waals surface area contributed by atoms with Gasteiger partial charge >= 0.3 is 0 Å². The Kier molecular flexibility index (Phi) is 7.46. The summed E-state index contributed by atoms with van der Waals surface area (Å²) in [5.74, 6) is 3.40. The third-order valence-electron chi connectivity index (χ3n) is 4.75. The SMILES string of the molecule is COc1ccccc1OCC(=O)N1CCCSCC1CN1CCOCC1. The molecule has 7 heteroatoms. The van der Waals surface area contributed by atoms with E-state index in [9.17, 15) is 4.79 Å². The molecule has 2 fully saturated rings. The van der Waals surface area contributed by atoms with Crippen molar-refractivity contribution >= 4 is 17.7 Å². The van der Waals surface area contributed by atoms with Crippen molar-refractivity contribution in [3.05, 3.63) is 24.3 Å². The number of ether oxygens (including phenoxy) is 3. The summed E-state index contributed by atoms with van der Waals surface area (Å²) in [7, 11) is 1.61. The first kappa shape index (κ1) is 19.3. The lowest BCUT2D eigenvalue weighted by Crippen LogP contribution is -2.51. The molecule has 0 aliphatic carbocycles. The molecular weight excluding hydrogens is 352 g/mol. The smallest absolute Gasteiger partial charge is 0.260 e. The minimum atomic E-state index is 0.0463. The highest BCUT2D eigenvalue weighted by Gasteiger charge is 2.28. The number of nitrogens with zero attached hydrogens (tertiary/aromatic N) is 2. The lowest BCUT2D eigenvalue weighted by atomic mass is 10.2. The highest BCUT2D eigenvalue weighted by molar-refractivity contribution is 7.99. The molecule has 0 saturated carbocycles. The average molecular weight is 381 g/mol. The standard InChI is InChI=1S/C19H28N2O4S/c1-23-17-5-2-3-6-18(17)25-14-19(22)21-7-4-12-26-15-16(21)13-20-8-10-24-11-9-20/h2-3,5-6,16H,4,7-15H2,1H3. The summed E-state index contributed by atoms with van der Waals surface area (Å²) >= 11 is 1.94. The predicted molar refractivity (Wildman–Crippen MR) is 103 cm³/mol. The second-order valence-corrected chi connectivity index (χ2v) is 7.67. The Morgan fingerprint density at radius 3 is 2.77 bits per heavy atom. The van der Waals surface area contributed by atoms with Gasteiger partial charge in [0.1, 0.15) is 0 Å². The molecule has 1 amide bonds. The fourth-order valence-corrected chi connectivity index (χ4v) is 4.41. The quantitative estimate of drug-likeness (QED) is 0.749. The molecule has 1 aromatic rings. The van der Waals surface area contributed by atoms with Crippen LogP contribution in [0.3, 0.4) is 0 Å². The van der Waals surface area contributed by atoms with Gasteiger partial charge in [-0.3, -0.25) is 9.69 Å². The van der Waals surface area contributed by atoms with Crippen molar-refractivity contribution in [3.63, 3.8) is 0 Å². The van der Waals surface area contributed by atoms with Gasteiger partial charge in [-0.25, -0.2) is 0 Å². The van der Waals surface area contributed by atoms with E-state index in [0.717, 1.165) is 57.3 Å². The molecule has 1 unspecified atom stereocenters. The minimum absolute atomic E-state index is 0.0463. The van der Waals surface area contributed by atoms with E-state index in [-0.39, 0.29) is 18.6 Å². The first-order chi connectivity index (χ1) is 12.8. The maximum absolute atomic E-state index is 12.9. The van der Waals surface area contributed by atoms with Gasteiger partial charge in [0.25, 0.3) is 5.91 Å². The van der Waals surface area contributed by atoms with E-state index in [0.29, 0.717) is 11.5 Å². The number of hydrogen-bond donors (Lipinski definition) is 0. The largest absolute Gasteiger partial charge is 0.493 e. The van der Waals surface area contributed by atoms with Crippen LogP contribution in [0.15, 0.2) is 24.3 Å². The van der Waals surface area contributed by atoms with Gasteiger partial charge in [-0.2, -0.15) is 11.8 Å². The molecule has 26 heavy (non-hydrogen) atoms. The molecule has 0 N–H and O–H groups in total. The zero-order valence-electron chi connectivity index (χ0n) is 15.4.